The summed E-state index contributed by atoms with van der Waals surface area (Å²) < 4.78 is 2.15. The maximum atomic E-state index is 5.59. The molecule has 100 valence electrons. The number of thiocarbonyl (C=S) groups is 1. The first-order valence-corrected chi connectivity index (χ1v) is 8.23. The van der Waals surface area contributed by atoms with Gasteiger partial charge in [-0.1, -0.05) is 42.5 Å². The third-order valence-corrected chi connectivity index (χ3v) is 5.90. The molecular weight excluding hydrogens is 270 g/mol. The van der Waals surface area contributed by atoms with Crippen molar-refractivity contribution < 1.29 is 3.89 Å². The largest absolute Gasteiger partial charge is 0.230 e. The molecule has 3 rings (SSSR count). The van der Waals surface area contributed by atoms with E-state index >= 15 is 0 Å². The van der Waals surface area contributed by atoms with Crippen LogP contribution in [0, 0.1) is 0 Å². The van der Waals surface area contributed by atoms with Crippen molar-refractivity contribution in [3.05, 3.63) is 47.2 Å². The molecule has 0 amide bonds. The highest BCUT2D eigenvalue weighted by atomic mass is 32.2. The summed E-state index contributed by atoms with van der Waals surface area (Å²) >= 11 is 7.47. The topological polar surface area (TPSA) is 0 Å². The fourth-order valence-corrected chi connectivity index (χ4v) is 5.00. The van der Waals surface area contributed by atoms with E-state index in [0.717, 1.165) is 21.1 Å². The number of benzene rings is 1. The van der Waals surface area contributed by atoms with Crippen molar-refractivity contribution in [2.75, 3.05) is 13.6 Å². The number of quaternary nitrogens is 1. The van der Waals surface area contributed by atoms with E-state index in [1.54, 1.807) is 5.70 Å². The Balaban J connectivity index is 1.77. The normalized spacial score (nSPS) is 26.7. The molecule has 1 atom stereocenters. The summed E-state index contributed by atoms with van der Waals surface area (Å²) in [7, 11) is 2.34. The molecule has 1 aromatic carbocycles. The minimum atomic E-state index is 0.989. The number of nitrogens with zero attached hydrogens (tertiary/aromatic N) is 1. The number of hydrogen-bond donors (Lipinski definition) is 0. The van der Waals surface area contributed by atoms with Crippen molar-refractivity contribution in [3.8, 4) is 0 Å². The van der Waals surface area contributed by atoms with E-state index in [2.05, 4.69) is 37.4 Å². The van der Waals surface area contributed by atoms with Crippen LogP contribution in [0.15, 0.2) is 41.6 Å². The molecule has 0 bridgehead atoms. The molecule has 19 heavy (non-hydrogen) atoms. The Bertz CT molecular complexity index is 521. The monoisotopic (exact) mass is 290 g/mol. The van der Waals surface area contributed by atoms with Gasteiger partial charge in [0.25, 0.3) is 0 Å². The van der Waals surface area contributed by atoms with Gasteiger partial charge in [-0.25, -0.2) is 3.89 Å². The third-order valence-electron chi connectivity index (χ3n) is 4.21. The lowest BCUT2D eigenvalue weighted by Gasteiger charge is -2.30. The number of hydrogen-bond acceptors (Lipinski definition) is 2. The first kappa shape index (κ1) is 13.3. The zero-order chi connectivity index (χ0) is 13.3. The summed E-state index contributed by atoms with van der Waals surface area (Å²) in [5.41, 5.74) is 4.54. The van der Waals surface area contributed by atoms with Crippen LogP contribution >= 0.6 is 24.2 Å². The van der Waals surface area contributed by atoms with Crippen molar-refractivity contribution in [3.63, 3.8) is 0 Å². The van der Waals surface area contributed by atoms with Gasteiger partial charge in [0.1, 0.15) is 21.8 Å². The van der Waals surface area contributed by atoms with E-state index in [1.165, 1.54) is 36.8 Å². The Kier molecular flexibility index (Phi) is 3.79. The molecular formula is C16H20NS2+. The van der Waals surface area contributed by atoms with E-state index in [1.807, 2.05) is 11.9 Å². The summed E-state index contributed by atoms with van der Waals surface area (Å²) in [5, 5.41) is 0. The second kappa shape index (κ2) is 5.39. The first-order chi connectivity index (χ1) is 9.19. The Morgan fingerprint density at radius 2 is 1.89 bits per heavy atom. The molecule has 1 aliphatic carbocycles. The van der Waals surface area contributed by atoms with Crippen molar-refractivity contribution >= 4 is 28.4 Å². The minimum absolute atomic E-state index is 0.989. The van der Waals surface area contributed by atoms with Crippen molar-refractivity contribution in [2.24, 2.45) is 0 Å². The first-order valence-electron chi connectivity index (χ1n) is 7.05. The summed E-state index contributed by atoms with van der Waals surface area (Å²) in [5.74, 6) is 0. The highest BCUT2D eigenvalue weighted by molar-refractivity contribution is 8.20. The van der Waals surface area contributed by atoms with Gasteiger partial charge in [0.2, 0.25) is 0 Å². The molecule has 3 heteroatoms. The van der Waals surface area contributed by atoms with Crippen LogP contribution in [0.3, 0.4) is 0 Å². The zero-order valence-electron chi connectivity index (χ0n) is 11.4. The van der Waals surface area contributed by atoms with Gasteiger partial charge in [-0.05, 0) is 24.8 Å². The number of allylic oxidation sites excluding steroid dienone is 1. The van der Waals surface area contributed by atoms with Gasteiger partial charge < -0.3 is 0 Å². The quantitative estimate of drug-likeness (QED) is 0.457. The molecule has 1 heterocycles. The summed E-state index contributed by atoms with van der Waals surface area (Å²) in [6.07, 6.45) is 6.23. The lowest BCUT2D eigenvalue weighted by Crippen LogP contribution is -2.36. The molecule has 0 saturated carbocycles. The van der Waals surface area contributed by atoms with Crippen molar-refractivity contribution in [1.82, 2.24) is 0 Å². The van der Waals surface area contributed by atoms with Crippen LogP contribution in [0.2, 0.25) is 0 Å². The summed E-state index contributed by atoms with van der Waals surface area (Å²) in [4.78, 5) is 0. The molecule has 2 aliphatic rings. The van der Waals surface area contributed by atoms with Crippen LogP contribution < -0.4 is 0 Å². The Morgan fingerprint density at radius 1 is 1.16 bits per heavy atom. The lowest BCUT2D eigenvalue weighted by molar-refractivity contribution is -0.730. The van der Waals surface area contributed by atoms with Crippen LogP contribution in [0.1, 0.15) is 31.2 Å². The second-order valence-electron chi connectivity index (χ2n) is 5.57. The molecule has 1 unspecified atom stereocenters. The Labute approximate surface area is 125 Å². The van der Waals surface area contributed by atoms with Gasteiger partial charge >= 0.3 is 0 Å². The molecule has 1 aromatic rings. The van der Waals surface area contributed by atoms with Crippen LogP contribution in [-0.4, -0.2) is 21.7 Å². The SMILES string of the molecule is C[N+]1(CCc2ccccc2)SC(=S)C2=C1CCCC2. The van der Waals surface area contributed by atoms with Crippen LogP contribution in [0.5, 0.6) is 0 Å². The third kappa shape index (κ3) is 2.64. The van der Waals surface area contributed by atoms with Gasteiger partial charge in [-0.2, -0.15) is 0 Å². The molecule has 1 aliphatic heterocycles. The minimum Gasteiger partial charge on any atom is -0.230 e. The van der Waals surface area contributed by atoms with E-state index in [0.29, 0.717) is 0 Å². The van der Waals surface area contributed by atoms with E-state index in [9.17, 15) is 0 Å². The molecule has 0 spiro atoms. The maximum Gasteiger partial charge on any atom is 0.138 e. The van der Waals surface area contributed by atoms with Crippen LogP contribution in [0.25, 0.3) is 0 Å². The van der Waals surface area contributed by atoms with E-state index in [4.69, 9.17) is 12.2 Å². The molecule has 0 aromatic heterocycles. The maximum absolute atomic E-state index is 5.59. The predicted molar refractivity (Wildman–Crippen MR) is 86.9 cm³/mol. The zero-order valence-corrected chi connectivity index (χ0v) is 13.0. The predicted octanol–water partition coefficient (Wildman–Crippen LogP) is 4.49. The average Bonchev–Trinajstić information content (AvgIpc) is 2.71. The molecule has 0 N–H and O–H groups in total. The molecule has 0 fully saturated rings. The number of rotatable bonds is 3. The average molecular weight is 290 g/mol. The smallest absolute Gasteiger partial charge is 0.138 e. The van der Waals surface area contributed by atoms with Crippen LogP contribution in [0.4, 0.5) is 0 Å². The standard InChI is InChI=1S/C16H20NS2/c1-17(12-11-13-7-3-2-4-8-13)15-10-6-5-9-14(15)16(18)19-17/h2-4,7-8H,5-6,9-12H2,1H3/q+1. The fraction of sp³-hybridized carbons (Fsp3) is 0.438. The van der Waals surface area contributed by atoms with E-state index in [-0.39, 0.29) is 0 Å². The van der Waals surface area contributed by atoms with Gasteiger partial charge in [0, 0.05) is 18.4 Å². The van der Waals surface area contributed by atoms with Crippen molar-refractivity contribution in [2.45, 2.75) is 32.1 Å². The van der Waals surface area contributed by atoms with Crippen LogP contribution in [-0.2, 0) is 6.42 Å². The van der Waals surface area contributed by atoms with Gasteiger partial charge in [0.05, 0.1) is 13.6 Å². The Hall–Kier alpha value is -0.640. The summed E-state index contributed by atoms with van der Waals surface area (Å²) in [6, 6.07) is 10.8. The summed E-state index contributed by atoms with van der Waals surface area (Å²) in [6.45, 7) is 1.15. The fourth-order valence-electron chi connectivity index (χ4n) is 3.09. The Morgan fingerprint density at radius 3 is 2.68 bits per heavy atom. The van der Waals surface area contributed by atoms with Gasteiger partial charge in [-0.3, -0.25) is 0 Å². The molecule has 0 saturated heterocycles. The van der Waals surface area contributed by atoms with Gasteiger partial charge in [0.15, 0.2) is 0 Å². The molecule has 0 radical (unpaired) electrons. The van der Waals surface area contributed by atoms with Crippen molar-refractivity contribution in [1.29, 1.82) is 0 Å². The number of likely N-dealkylation sites (N-methyl/N-ethyl adjacent to an activating group) is 1. The van der Waals surface area contributed by atoms with E-state index < -0.39 is 0 Å². The highest BCUT2D eigenvalue weighted by Crippen LogP contribution is 2.46. The highest BCUT2D eigenvalue weighted by Gasteiger charge is 2.42. The second-order valence-corrected chi connectivity index (χ2v) is 7.63. The molecule has 1 nitrogen and oxygen atoms in total. The lowest BCUT2D eigenvalue weighted by atomic mass is 9.96. The van der Waals surface area contributed by atoms with Gasteiger partial charge in [-0.15, -0.1) is 0 Å².